The van der Waals surface area contributed by atoms with Crippen LogP contribution in [0.2, 0.25) is 0 Å². The smallest absolute Gasteiger partial charge is 0.329 e. The monoisotopic (exact) mass is 1030 g/mol. The van der Waals surface area contributed by atoms with Gasteiger partial charge in [-0.3, -0.25) is 24.5 Å². The van der Waals surface area contributed by atoms with E-state index >= 15 is 17.6 Å². The summed E-state index contributed by atoms with van der Waals surface area (Å²) in [5, 5.41) is 20.3. The van der Waals surface area contributed by atoms with Crippen LogP contribution in [0.3, 0.4) is 0 Å². The number of carbonyl (C=O) groups excluding carboxylic acids is 3. The standard InChI is InChI=1S/C57H66F4N8O6/c1-33-40(58)30-43-46(45(33)48-38(52(62)72)9-10-42(49(48)60)74-28-27-70)34(2)57(75-43,36-7-5-4-6-8-36)31-63-56-19-16-55(17-20-56,18-21-56)32-67-22-13-37(14-23-67)68-24-11-35(12-25-68)47-41(59)29-39-51(50(47)61)66(3)65-53(39)69-26-15-44(71)64-54(69)73/h4-10,29-30,34-35,37,63,70H,11-28,31-32H2,1-3H3,(H2,62,72)(H,64,71,73). The number of aryl methyl sites for hydroxylation is 1. The SMILES string of the molecule is Cc1c(F)cc2c(c1-c1c(C(N)=O)ccc(OCCO)c1F)C(C)C(CNC13CCC(CN4CCC(N5CCC(c6c(F)cc7c(N8CCC(=O)NC8=O)nn(C)c7c6F)CC5)CC4)(CC1)CC3)(c1ccccc1)O2. The van der Waals surface area contributed by atoms with Gasteiger partial charge in [-0.2, -0.15) is 5.10 Å². The first-order valence-electron chi connectivity index (χ1n) is 26.7. The first-order chi connectivity index (χ1) is 36.0. The summed E-state index contributed by atoms with van der Waals surface area (Å²) in [6.07, 6.45) is 9.72. The zero-order chi connectivity index (χ0) is 52.6. The average molecular weight is 1040 g/mol. The van der Waals surface area contributed by atoms with E-state index in [0.717, 1.165) is 89.7 Å². The van der Waals surface area contributed by atoms with Crippen LogP contribution < -0.4 is 30.7 Å². The largest absolute Gasteiger partial charge is 0.488 e. The van der Waals surface area contributed by atoms with Crippen molar-refractivity contribution in [1.82, 2.24) is 30.2 Å². The summed E-state index contributed by atoms with van der Waals surface area (Å²) in [5.41, 5.74) is 6.70. The van der Waals surface area contributed by atoms with Crippen LogP contribution in [0.25, 0.3) is 22.0 Å². The Morgan fingerprint density at radius 2 is 1.60 bits per heavy atom. The molecule has 7 aliphatic rings. The van der Waals surface area contributed by atoms with E-state index < -0.39 is 52.6 Å². The number of aliphatic hydroxyl groups is 1. The lowest BCUT2D eigenvalue weighted by molar-refractivity contribution is -0.120. The van der Waals surface area contributed by atoms with Gasteiger partial charge in [0, 0.05) is 73.4 Å². The average Bonchev–Trinajstić information content (AvgIpc) is 3.91. The minimum atomic E-state index is -1.02. The van der Waals surface area contributed by atoms with E-state index in [9.17, 15) is 19.5 Å². The van der Waals surface area contributed by atoms with Gasteiger partial charge in [0.25, 0.3) is 0 Å². The summed E-state index contributed by atoms with van der Waals surface area (Å²) in [5.74, 6) is -4.54. The summed E-state index contributed by atoms with van der Waals surface area (Å²) >= 11 is 0. The maximum absolute atomic E-state index is 16.6. The zero-order valence-corrected chi connectivity index (χ0v) is 42.9. The summed E-state index contributed by atoms with van der Waals surface area (Å²) in [6.45, 7) is 8.11. The topological polar surface area (TPSA) is 168 Å². The van der Waals surface area contributed by atoms with E-state index in [1.165, 1.54) is 33.8 Å². The number of halogens is 4. The molecule has 75 heavy (non-hydrogen) atoms. The summed E-state index contributed by atoms with van der Waals surface area (Å²) in [4.78, 5) is 43.7. The van der Waals surface area contributed by atoms with Crippen LogP contribution in [-0.2, 0) is 17.4 Å². The Bertz CT molecular complexity index is 3040. The maximum Gasteiger partial charge on any atom is 0.329 e. The fourth-order valence-corrected chi connectivity index (χ4v) is 13.9. The first kappa shape index (κ1) is 51.0. The number of anilines is 1. The lowest BCUT2D eigenvalue weighted by Gasteiger charge is -2.56. The van der Waals surface area contributed by atoms with Crippen LogP contribution in [0, 0.1) is 35.6 Å². The summed E-state index contributed by atoms with van der Waals surface area (Å²) in [6, 6.07) is 14.9. The van der Waals surface area contributed by atoms with E-state index in [-0.39, 0.29) is 99.1 Å². The van der Waals surface area contributed by atoms with Crippen LogP contribution in [0.4, 0.5) is 28.2 Å². The highest BCUT2D eigenvalue weighted by Crippen LogP contribution is 2.58. The van der Waals surface area contributed by atoms with Gasteiger partial charge in [-0.05, 0) is 144 Å². The van der Waals surface area contributed by atoms with Crippen molar-refractivity contribution in [1.29, 1.82) is 0 Å². The van der Waals surface area contributed by atoms with Crippen molar-refractivity contribution >= 4 is 34.6 Å². The molecular weight excluding hydrogens is 969 g/mol. The number of amides is 4. The molecule has 4 aromatic carbocycles. The molecule has 5 N–H and O–H groups in total. The van der Waals surface area contributed by atoms with Crippen molar-refractivity contribution in [2.75, 3.05) is 63.9 Å². The Labute approximate surface area is 433 Å². The molecule has 5 aromatic rings. The fraction of sp³-hybridized carbons (Fsp3) is 0.509. The number of aliphatic hydroxyl groups excluding tert-OH is 1. The van der Waals surface area contributed by atoms with Gasteiger partial charge in [0.2, 0.25) is 11.8 Å². The van der Waals surface area contributed by atoms with Gasteiger partial charge in [-0.1, -0.05) is 37.3 Å². The normalized spacial score (nSPS) is 25.7. The Balaban J connectivity index is 0.727. The predicted molar refractivity (Wildman–Crippen MR) is 275 cm³/mol. The van der Waals surface area contributed by atoms with Gasteiger partial charge in [0.05, 0.1) is 17.6 Å². The number of carbonyl (C=O) groups is 3. The molecule has 398 valence electrons. The third-order valence-corrected chi connectivity index (χ3v) is 18.2. The highest BCUT2D eigenvalue weighted by atomic mass is 19.1. The zero-order valence-electron chi connectivity index (χ0n) is 42.9. The van der Waals surface area contributed by atoms with Crippen LogP contribution in [-0.4, -0.2) is 113 Å². The van der Waals surface area contributed by atoms with Crippen LogP contribution in [0.1, 0.15) is 122 Å². The van der Waals surface area contributed by atoms with Gasteiger partial charge in [-0.15, -0.1) is 0 Å². The molecule has 2 unspecified atom stereocenters. The quantitative estimate of drug-likeness (QED) is 0.0793. The van der Waals surface area contributed by atoms with E-state index in [0.29, 0.717) is 31.0 Å². The molecule has 3 saturated carbocycles. The van der Waals surface area contributed by atoms with E-state index in [2.05, 4.69) is 25.5 Å². The minimum absolute atomic E-state index is 0.0741. The lowest BCUT2D eigenvalue weighted by Crippen LogP contribution is -2.60. The van der Waals surface area contributed by atoms with Gasteiger partial charge < -0.3 is 35.4 Å². The van der Waals surface area contributed by atoms with E-state index in [4.69, 9.17) is 15.2 Å². The molecule has 3 aliphatic carbocycles. The number of urea groups is 1. The van der Waals surface area contributed by atoms with Crippen molar-refractivity contribution in [2.24, 2.45) is 18.2 Å². The molecule has 14 nitrogen and oxygen atoms in total. The van der Waals surface area contributed by atoms with Crippen LogP contribution >= 0.6 is 0 Å². The third-order valence-electron chi connectivity index (χ3n) is 18.2. The Hall–Kier alpha value is -6.08. The molecule has 5 heterocycles. The Kier molecular flexibility index (Phi) is 13.5. The highest BCUT2D eigenvalue weighted by molar-refractivity contribution is 6.09. The van der Waals surface area contributed by atoms with Crippen molar-refractivity contribution < 1.29 is 46.5 Å². The summed E-state index contributed by atoms with van der Waals surface area (Å²) < 4.78 is 78.9. The number of benzene rings is 4. The van der Waals surface area contributed by atoms with Crippen molar-refractivity contribution in [3.63, 3.8) is 0 Å². The molecule has 12 rings (SSSR count). The molecule has 4 aliphatic heterocycles. The van der Waals surface area contributed by atoms with Gasteiger partial charge in [0.1, 0.15) is 29.5 Å². The van der Waals surface area contributed by atoms with Crippen LogP contribution in [0.5, 0.6) is 11.5 Å². The summed E-state index contributed by atoms with van der Waals surface area (Å²) in [7, 11) is 1.58. The van der Waals surface area contributed by atoms with Gasteiger partial charge in [0.15, 0.2) is 28.8 Å². The molecule has 2 bridgehead atoms. The highest BCUT2D eigenvalue weighted by Gasteiger charge is 2.54. The third kappa shape index (κ3) is 8.92. The second-order valence-corrected chi connectivity index (χ2v) is 22.2. The van der Waals surface area contributed by atoms with Crippen molar-refractivity contribution in [3.8, 4) is 22.6 Å². The number of likely N-dealkylation sites (tertiary alicyclic amines) is 2. The molecule has 2 atom stereocenters. The Morgan fingerprint density at radius 1 is 0.893 bits per heavy atom. The number of imide groups is 1. The number of aromatic nitrogens is 2. The second kappa shape index (κ2) is 19.8. The van der Waals surface area contributed by atoms with Crippen molar-refractivity contribution in [2.45, 2.75) is 113 Å². The maximum atomic E-state index is 16.6. The fourth-order valence-electron chi connectivity index (χ4n) is 13.9. The van der Waals surface area contributed by atoms with Crippen molar-refractivity contribution in [3.05, 3.63) is 106 Å². The number of primary amides is 1. The molecule has 6 fully saturated rings. The van der Waals surface area contributed by atoms with E-state index in [1.54, 1.807) is 14.0 Å². The molecule has 3 saturated heterocycles. The number of hydrogen-bond acceptors (Lipinski definition) is 10. The number of rotatable bonds is 14. The number of piperidine rings is 2. The first-order valence-corrected chi connectivity index (χ1v) is 26.7. The van der Waals surface area contributed by atoms with E-state index in [1.807, 2.05) is 37.3 Å². The molecule has 18 heteroatoms. The molecule has 4 amide bonds. The second-order valence-electron chi connectivity index (χ2n) is 22.2. The number of nitrogens with zero attached hydrogens (tertiary/aromatic N) is 5. The predicted octanol–water partition coefficient (Wildman–Crippen LogP) is 8.44. The number of ether oxygens (including phenoxy) is 2. The number of nitrogens with one attached hydrogen (secondary N) is 2. The minimum Gasteiger partial charge on any atom is -0.488 e. The number of nitrogens with two attached hydrogens (primary N) is 1. The van der Waals surface area contributed by atoms with Gasteiger partial charge >= 0.3 is 6.03 Å². The lowest BCUT2D eigenvalue weighted by atomic mass is 9.57. The van der Waals surface area contributed by atoms with Gasteiger partial charge in [-0.25, -0.2) is 22.4 Å². The number of fused-ring (bicyclic) bond motifs is 5. The molecule has 1 aromatic heterocycles. The Morgan fingerprint density at radius 3 is 2.27 bits per heavy atom. The molecular formula is C57H66F4N8O6. The molecule has 0 spiro atoms. The van der Waals surface area contributed by atoms with Crippen LogP contribution in [0.15, 0.2) is 54.6 Å². The number of hydrogen-bond donors (Lipinski definition) is 4. The molecule has 0 radical (unpaired) electrons.